The van der Waals surface area contributed by atoms with Crippen LogP contribution in [-0.4, -0.2) is 16.3 Å². The molecule has 0 bridgehead atoms. The predicted molar refractivity (Wildman–Crippen MR) is 89.8 cm³/mol. The van der Waals surface area contributed by atoms with Crippen LogP contribution in [0.15, 0.2) is 41.8 Å². The molecule has 3 rings (SSSR count). The van der Waals surface area contributed by atoms with Gasteiger partial charge in [0.25, 0.3) is 0 Å². The first-order valence-electron chi connectivity index (χ1n) is 7.47. The maximum Gasteiger partial charge on any atom is 0.0876 e. The number of thiophene rings is 1. The molecule has 1 N–H and O–H groups in total. The van der Waals surface area contributed by atoms with Gasteiger partial charge in [0.15, 0.2) is 0 Å². The SMILES string of the molecule is CCCNC(Cc1cccs1)c1nn(C)c2ccccc12. The van der Waals surface area contributed by atoms with Crippen molar-refractivity contribution < 1.29 is 0 Å². The molecule has 3 aromatic rings. The van der Waals surface area contributed by atoms with Gasteiger partial charge in [0, 0.05) is 23.7 Å². The molecule has 1 aromatic carbocycles. The minimum atomic E-state index is 0.273. The van der Waals surface area contributed by atoms with Crippen LogP contribution < -0.4 is 5.32 Å². The van der Waals surface area contributed by atoms with E-state index in [4.69, 9.17) is 5.10 Å². The summed E-state index contributed by atoms with van der Waals surface area (Å²) in [6.07, 6.45) is 2.13. The number of benzene rings is 1. The Hall–Kier alpha value is -1.65. The van der Waals surface area contributed by atoms with Crippen molar-refractivity contribution in [1.29, 1.82) is 0 Å². The van der Waals surface area contributed by atoms with E-state index in [1.165, 1.54) is 15.8 Å². The van der Waals surface area contributed by atoms with Gasteiger partial charge in [-0.1, -0.05) is 31.2 Å². The number of aryl methyl sites for hydroxylation is 1. The Morgan fingerprint density at radius 1 is 1.24 bits per heavy atom. The second kappa shape index (κ2) is 6.41. The van der Waals surface area contributed by atoms with Crippen molar-refractivity contribution in [3.63, 3.8) is 0 Å². The van der Waals surface area contributed by atoms with Crippen molar-refractivity contribution in [1.82, 2.24) is 15.1 Å². The maximum absolute atomic E-state index is 4.78. The third-order valence-electron chi connectivity index (χ3n) is 3.74. The van der Waals surface area contributed by atoms with Crippen LogP contribution in [0.2, 0.25) is 0 Å². The Kier molecular flexibility index (Phi) is 4.36. The summed E-state index contributed by atoms with van der Waals surface area (Å²) in [5, 5.41) is 11.8. The number of aromatic nitrogens is 2. The van der Waals surface area contributed by atoms with Gasteiger partial charge in [-0.2, -0.15) is 5.10 Å². The Labute approximate surface area is 129 Å². The summed E-state index contributed by atoms with van der Waals surface area (Å²) in [6.45, 7) is 3.21. The van der Waals surface area contributed by atoms with Crippen LogP contribution in [0.1, 0.15) is 30.0 Å². The summed E-state index contributed by atoms with van der Waals surface area (Å²) in [6, 6.07) is 13.1. The van der Waals surface area contributed by atoms with Crippen LogP contribution in [0.3, 0.4) is 0 Å². The summed E-state index contributed by atoms with van der Waals surface area (Å²) in [4.78, 5) is 1.40. The molecular formula is C17H21N3S. The standard InChI is InChI=1S/C17H21N3S/c1-3-10-18-15(12-13-7-6-11-21-13)17-14-8-4-5-9-16(14)20(2)19-17/h4-9,11,15,18H,3,10,12H2,1-2H3. The summed E-state index contributed by atoms with van der Waals surface area (Å²) in [5.41, 5.74) is 2.36. The average Bonchev–Trinajstić information content (AvgIpc) is 3.12. The largest absolute Gasteiger partial charge is 0.308 e. The molecule has 0 amide bonds. The van der Waals surface area contributed by atoms with Crippen LogP contribution in [0, 0.1) is 0 Å². The van der Waals surface area contributed by atoms with Crippen LogP contribution in [0.5, 0.6) is 0 Å². The highest BCUT2D eigenvalue weighted by Gasteiger charge is 2.19. The van der Waals surface area contributed by atoms with Gasteiger partial charge in [-0.05, 0) is 30.5 Å². The summed E-state index contributed by atoms with van der Waals surface area (Å²) >= 11 is 1.82. The van der Waals surface area contributed by atoms with Crippen molar-refractivity contribution in [3.05, 3.63) is 52.3 Å². The number of hydrogen-bond acceptors (Lipinski definition) is 3. The average molecular weight is 299 g/mol. The van der Waals surface area contributed by atoms with Gasteiger partial charge in [-0.25, -0.2) is 0 Å². The number of rotatable bonds is 6. The smallest absolute Gasteiger partial charge is 0.0876 e. The van der Waals surface area contributed by atoms with Crippen LogP contribution >= 0.6 is 11.3 Å². The zero-order valence-electron chi connectivity index (χ0n) is 12.5. The lowest BCUT2D eigenvalue weighted by Crippen LogP contribution is -2.24. The molecule has 0 aliphatic heterocycles. The predicted octanol–water partition coefficient (Wildman–Crippen LogP) is 3.92. The van der Waals surface area contributed by atoms with Gasteiger partial charge in [0.1, 0.15) is 0 Å². The van der Waals surface area contributed by atoms with Crippen LogP contribution in [0.25, 0.3) is 10.9 Å². The fourth-order valence-corrected chi connectivity index (χ4v) is 3.47. The van der Waals surface area contributed by atoms with Gasteiger partial charge in [0.05, 0.1) is 17.3 Å². The molecule has 0 radical (unpaired) electrons. The Bertz CT molecular complexity index is 700. The topological polar surface area (TPSA) is 29.9 Å². The fraction of sp³-hybridized carbons (Fsp3) is 0.353. The summed E-state index contributed by atoms with van der Waals surface area (Å²) in [7, 11) is 2.02. The van der Waals surface area contributed by atoms with Crippen molar-refractivity contribution in [2.45, 2.75) is 25.8 Å². The van der Waals surface area contributed by atoms with Crippen LogP contribution in [0.4, 0.5) is 0 Å². The number of nitrogens with zero attached hydrogens (tertiary/aromatic N) is 2. The molecule has 0 spiro atoms. The zero-order chi connectivity index (χ0) is 14.7. The maximum atomic E-state index is 4.78. The van der Waals surface area contributed by atoms with Crippen molar-refractivity contribution in [2.24, 2.45) is 7.05 Å². The number of fused-ring (bicyclic) bond motifs is 1. The third kappa shape index (κ3) is 3.01. The lowest BCUT2D eigenvalue weighted by Gasteiger charge is -2.16. The van der Waals surface area contributed by atoms with Gasteiger partial charge >= 0.3 is 0 Å². The van der Waals surface area contributed by atoms with Gasteiger partial charge in [-0.15, -0.1) is 11.3 Å². The first-order chi connectivity index (χ1) is 10.3. The quantitative estimate of drug-likeness (QED) is 0.747. The highest BCUT2D eigenvalue weighted by Crippen LogP contribution is 2.27. The second-order valence-electron chi connectivity index (χ2n) is 5.32. The highest BCUT2D eigenvalue weighted by atomic mass is 32.1. The first-order valence-corrected chi connectivity index (χ1v) is 8.35. The van der Waals surface area contributed by atoms with E-state index in [9.17, 15) is 0 Å². The molecule has 2 aromatic heterocycles. The van der Waals surface area contributed by atoms with Crippen LogP contribution in [-0.2, 0) is 13.5 Å². The Morgan fingerprint density at radius 3 is 2.86 bits per heavy atom. The second-order valence-corrected chi connectivity index (χ2v) is 6.35. The van der Waals surface area contributed by atoms with Crippen molar-refractivity contribution in [2.75, 3.05) is 6.54 Å². The van der Waals surface area contributed by atoms with E-state index < -0.39 is 0 Å². The number of nitrogens with one attached hydrogen (secondary N) is 1. The number of hydrogen-bond donors (Lipinski definition) is 1. The van der Waals surface area contributed by atoms with E-state index in [-0.39, 0.29) is 6.04 Å². The minimum Gasteiger partial charge on any atom is -0.308 e. The van der Waals surface area contributed by atoms with E-state index in [0.717, 1.165) is 25.1 Å². The van der Waals surface area contributed by atoms with Gasteiger partial charge in [0.2, 0.25) is 0 Å². The Morgan fingerprint density at radius 2 is 2.10 bits per heavy atom. The van der Waals surface area contributed by atoms with Crippen molar-refractivity contribution >= 4 is 22.2 Å². The molecule has 0 aliphatic rings. The summed E-state index contributed by atoms with van der Waals surface area (Å²) in [5.74, 6) is 0. The normalized spacial score (nSPS) is 12.9. The molecule has 1 unspecified atom stereocenters. The zero-order valence-corrected chi connectivity index (χ0v) is 13.4. The first kappa shape index (κ1) is 14.3. The summed E-state index contributed by atoms with van der Waals surface area (Å²) < 4.78 is 1.99. The highest BCUT2D eigenvalue weighted by molar-refractivity contribution is 7.09. The van der Waals surface area contributed by atoms with E-state index in [1.807, 2.05) is 23.1 Å². The molecule has 0 saturated carbocycles. The molecule has 4 heteroatoms. The van der Waals surface area contributed by atoms with E-state index in [2.05, 4.69) is 54.0 Å². The molecule has 1 atom stereocenters. The Balaban J connectivity index is 1.97. The van der Waals surface area contributed by atoms with E-state index in [1.54, 1.807) is 0 Å². The van der Waals surface area contributed by atoms with E-state index >= 15 is 0 Å². The molecule has 110 valence electrons. The lowest BCUT2D eigenvalue weighted by molar-refractivity contribution is 0.516. The van der Waals surface area contributed by atoms with Crippen molar-refractivity contribution in [3.8, 4) is 0 Å². The molecule has 0 saturated heterocycles. The third-order valence-corrected chi connectivity index (χ3v) is 4.64. The monoisotopic (exact) mass is 299 g/mol. The molecule has 0 aliphatic carbocycles. The number of para-hydroxylation sites is 1. The fourth-order valence-electron chi connectivity index (χ4n) is 2.71. The van der Waals surface area contributed by atoms with Gasteiger partial charge < -0.3 is 5.32 Å². The minimum absolute atomic E-state index is 0.273. The molecule has 3 nitrogen and oxygen atoms in total. The molecule has 21 heavy (non-hydrogen) atoms. The van der Waals surface area contributed by atoms with E-state index in [0.29, 0.717) is 0 Å². The lowest BCUT2D eigenvalue weighted by atomic mass is 10.0. The molecule has 0 fully saturated rings. The van der Waals surface area contributed by atoms with Gasteiger partial charge in [-0.3, -0.25) is 4.68 Å². The molecular weight excluding hydrogens is 278 g/mol. The molecule has 2 heterocycles.